The first-order valence-corrected chi connectivity index (χ1v) is 4.64. The van der Waals surface area contributed by atoms with Crippen molar-refractivity contribution in [1.29, 1.82) is 0 Å². The van der Waals surface area contributed by atoms with Crippen molar-refractivity contribution in [3.05, 3.63) is 35.9 Å². The Morgan fingerprint density at radius 3 is 3.29 bits per heavy atom. The summed E-state index contributed by atoms with van der Waals surface area (Å²) in [6, 6.07) is 4.13. The van der Waals surface area contributed by atoms with E-state index in [0.29, 0.717) is 0 Å². The molecule has 3 rings (SSSR count). The van der Waals surface area contributed by atoms with Crippen molar-refractivity contribution in [2.24, 2.45) is 0 Å². The minimum Gasteiger partial charge on any atom is -0.463 e. The zero-order valence-corrected chi connectivity index (χ0v) is 7.87. The molecule has 0 unspecified atom stereocenters. The number of hydrogen-bond acceptors (Lipinski definition) is 2. The first-order chi connectivity index (χ1) is 6.84. The lowest BCUT2D eigenvalue weighted by Gasteiger charge is -2.11. The third-order valence-electron chi connectivity index (χ3n) is 2.43. The molecule has 0 amide bonds. The topological polar surface area (TPSA) is 37.9 Å². The van der Waals surface area contributed by atoms with Crippen LogP contribution in [0.15, 0.2) is 24.5 Å². The zero-order chi connectivity index (χ0) is 9.54. The van der Waals surface area contributed by atoms with Crippen LogP contribution in [0.4, 0.5) is 0 Å². The van der Waals surface area contributed by atoms with Gasteiger partial charge in [0.15, 0.2) is 5.75 Å². The van der Waals surface area contributed by atoms with Gasteiger partial charge < -0.3 is 9.72 Å². The van der Waals surface area contributed by atoms with Crippen LogP contribution < -0.4 is 4.74 Å². The van der Waals surface area contributed by atoms with Crippen LogP contribution in [-0.4, -0.2) is 9.97 Å². The van der Waals surface area contributed by atoms with Gasteiger partial charge in [-0.25, -0.2) is 4.98 Å². The number of hydrogen-bond donors (Lipinski definition) is 1. The molecule has 70 valence electrons. The molecule has 0 saturated heterocycles. The smallest absolute Gasteiger partial charge is 0.157 e. The second-order valence-corrected chi connectivity index (χ2v) is 3.47. The highest BCUT2D eigenvalue weighted by Crippen LogP contribution is 2.31. The summed E-state index contributed by atoms with van der Waals surface area (Å²) in [5.41, 5.74) is 3.17. The lowest BCUT2D eigenvalue weighted by atomic mass is 10.1. The van der Waals surface area contributed by atoms with E-state index in [0.717, 1.165) is 29.0 Å². The predicted octanol–water partition coefficient (Wildman–Crippen LogP) is 2.32. The number of allylic oxidation sites excluding steroid dienone is 1. The van der Waals surface area contributed by atoms with Crippen LogP contribution in [0.5, 0.6) is 5.75 Å². The quantitative estimate of drug-likeness (QED) is 0.685. The van der Waals surface area contributed by atoms with Gasteiger partial charge in [-0.2, -0.15) is 0 Å². The van der Waals surface area contributed by atoms with Crippen LogP contribution in [0.25, 0.3) is 11.0 Å². The maximum absolute atomic E-state index is 5.49. The Labute approximate surface area is 81.4 Å². The number of rotatable bonds is 0. The fourth-order valence-electron chi connectivity index (χ4n) is 1.80. The minimum absolute atomic E-state index is 0.898. The molecule has 0 bridgehead atoms. The monoisotopic (exact) mass is 186 g/mol. The number of aromatic nitrogens is 2. The Hall–Kier alpha value is -1.77. The van der Waals surface area contributed by atoms with Gasteiger partial charge in [-0.3, -0.25) is 0 Å². The largest absolute Gasteiger partial charge is 0.463 e. The molecule has 0 radical (unpaired) electrons. The van der Waals surface area contributed by atoms with Crippen LogP contribution in [0, 0.1) is 6.92 Å². The summed E-state index contributed by atoms with van der Waals surface area (Å²) in [7, 11) is 0. The lowest BCUT2D eigenvalue weighted by Crippen LogP contribution is -1.96. The van der Waals surface area contributed by atoms with Crippen molar-refractivity contribution in [2.45, 2.75) is 13.3 Å². The molecular formula is C11H10N2O. The Morgan fingerprint density at radius 2 is 2.36 bits per heavy atom. The number of fused-ring (bicyclic) bond motifs is 3. The van der Waals surface area contributed by atoms with E-state index < -0.39 is 0 Å². The average molecular weight is 186 g/mol. The Morgan fingerprint density at radius 1 is 1.43 bits per heavy atom. The van der Waals surface area contributed by atoms with Gasteiger partial charge in [-0.05, 0) is 25.5 Å². The normalized spacial score (nSPS) is 14.1. The van der Waals surface area contributed by atoms with Crippen molar-refractivity contribution >= 4 is 11.0 Å². The number of nitrogens with one attached hydrogen (secondary N) is 1. The van der Waals surface area contributed by atoms with Crippen molar-refractivity contribution in [3.8, 4) is 5.75 Å². The van der Waals surface area contributed by atoms with Gasteiger partial charge in [0.25, 0.3) is 0 Å². The second kappa shape index (κ2) is 2.61. The van der Waals surface area contributed by atoms with Crippen LogP contribution in [0.2, 0.25) is 0 Å². The number of imidazole rings is 1. The molecule has 2 aromatic rings. The molecule has 1 N–H and O–H groups in total. The Balaban J connectivity index is 2.36. The Kier molecular flexibility index (Phi) is 1.42. The first kappa shape index (κ1) is 7.62. The van der Waals surface area contributed by atoms with Crippen LogP contribution in [0.3, 0.4) is 0 Å². The van der Waals surface area contributed by atoms with Crippen LogP contribution in [-0.2, 0) is 6.42 Å². The van der Waals surface area contributed by atoms with E-state index in [1.165, 1.54) is 5.56 Å². The molecule has 0 aliphatic carbocycles. The first-order valence-electron chi connectivity index (χ1n) is 4.64. The fraction of sp³-hybridized carbons (Fsp3) is 0.182. The number of aryl methyl sites for hydroxylation is 1. The van der Waals surface area contributed by atoms with Gasteiger partial charge in [0.1, 0.15) is 11.3 Å². The number of ether oxygens (including phenoxy) is 1. The number of aromatic amines is 1. The second-order valence-electron chi connectivity index (χ2n) is 3.47. The summed E-state index contributed by atoms with van der Waals surface area (Å²) < 4.78 is 5.49. The van der Waals surface area contributed by atoms with E-state index in [4.69, 9.17) is 4.74 Å². The molecule has 1 aromatic heterocycles. The summed E-state index contributed by atoms with van der Waals surface area (Å²) in [6.07, 6.45) is 4.66. The van der Waals surface area contributed by atoms with E-state index in [-0.39, 0.29) is 0 Å². The molecule has 0 fully saturated rings. The van der Waals surface area contributed by atoms with Gasteiger partial charge in [0.2, 0.25) is 0 Å². The lowest BCUT2D eigenvalue weighted by molar-refractivity contribution is 0.469. The van der Waals surface area contributed by atoms with Crippen molar-refractivity contribution in [2.75, 3.05) is 0 Å². The van der Waals surface area contributed by atoms with Gasteiger partial charge in [-0.1, -0.05) is 6.07 Å². The molecule has 14 heavy (non-hydrogen) atoms. The van der Waals surface area contributed by atoms with Crippen LogP contribution in [0.1, 0.15) is 11.4 Å². The highest BCUT2D eigenvalue weighted by molar-refractivity contribution is 5.83. The third-order valence-corrected chi connectivity index (χ3v) is 2.43. The SMILES string of the molecule is Cc1nc2c3c(ccc2[nH]1)CC=CO3. The van der Waals surface area contributed by atoms with E-state index in [1.807, 2.05) is 13.0 Å². The summed E-state index contributed by atoms with van der Waals surface area (Å²) in [4.78, 5) is 7.61. The van der Waals surface area contributed by atoms with E-state index in [2.05, 4.69) is 22.1 Å². The van der Waals surface area contributed by atoms with Crippen molar-refractivity contribution < 1.29 is 4.74 Å². The summed E-state index contributed by atoms with van der Waals surface area (Å²) in [5.74, 6) is 1.82. The molecule has 1 aromatic carbocycles. The number of benzene rings is 1. The molecule has 3 nitrogen and oxygen atoms in total. The molecule has 3 heteroatoms. The summed E-state index contributed by atoms with van der Waals surface area (Å²) >= 11 is 0. The Bertz CT molecular complexity index is 525. The molecule has 0 spiro atoms. The maximum Gasteiger partial charge on any atom is 0.157 e. The van der Waals surface area contributed by atoms with E-state index in [1.54, 1.807) is 6.26 Å². The minimum atomic E-state index is 0.898. The van der Waals surface area contributed by atoms with Gasteiger partial charge in [0, 0.05) is 5.56 Å². The van der Waals surface area contributed by atoms with E-state index >= 15 is 0 Å². The van der Waals surface area contributed by atoms with Crippen LogP contribution >= 0.6 is 0 Å². The van der Waals surface area contributed by atoms with Gasteiger partial charge >= 0.3 is 0 Å². The van der Waals surface area contributed by atoms with Gasteiger partial charge in [-0.15, -0.1) is 0 Å². The molecule has 1 aliphatic heterocycles. The standard InChI is InChI=1S/C11H10N2O/c1-7-12-9-5-4-8-3-2-6-14-11(8)10(9)13-7/h2,4-6H,3H2,1H3,(H,12,13). The fourth-order valence-corrected chi connectivity index (χ4v) is 1.80. The molecule has 0 atom stereocenters. The molecule has 0 saturated carbocycles. The summed E-state index contributed by atoms with van der Waals surface area (Å²) in [6.45, 7) is 1.95. The predicted molar refractivity (Wildman–Crippen MR) is 54.3 cm³/mol. The van der Waals surface area contributed by atoms with E-state index in [9.17, 15) is 0 Å². The molecule has 2 heterocycles. The molecular weight excluding hydrogens is 176 g/mol. The zero-order valence-electron chi connectivity index (χ0n) is 7.87. The average Bonchev–Trinajstić information content (AvgIpc) is 2.59. The maximum atomic E-state index is 5.49. The summed E-state index contributed by atoms with van der Waals surface area (Å²) in [5, 5.41) is 0. The number of nitrogens with zero attached hydrogens (tertiary/aromatic N) is 1. The van der Waals surface area contributed by atoms with Crippen molar-refractivity contribution in [1.82, 2.24) is 9.97 Å². The highest BCUT2D eigenvalue weighted by Gasteiger charge is 2.13. The third kappa shape index (κ3) is 0.954. The van der Waals surface area contributed by atoms with Gasteiger partial charge in [0.05, 0.1) is 11.8 Å². The highest BCUT2D eigenvalue weighted by atomic mass is 16.5. The number of H-pyrrole nitrogens is 1. The molecule has 1 aliphatic rings. The van der Waals surface area contributed by atoms with Crippen molar-refractivity contribution in [3.63, 3.8) is 0 Å².